The molecule has 0 saturated carbocycles. The Morgan fingerprint density at radius 3 is 1.47 bits per heavy atom. The van der Waals surface area contributed by atoms with Gasteiger partial charge in [0.25, 0.3) is 0 Å². The Hall–Kier alpha value is -10.9. The second kappa shape index (κ2) is 54.4. The Morgan fingerprint density at radius 2 is 0.959 bits per heavy atom. The summed E-state index contributed by atoms with van der Waals surface area (Å²) in [5.41, 5.74) is 34.2. The van der Waals surface area contributed by atoms with Crippen LogP contribution in [0.3, 0.4) is 0 Å². The molecule has 31 N–H and O–H groups in total. The molecule has 0 spiro atoms. The topological polar surface area (TPSA) is 731 Å². The van der Waals surface area contributed by atoms with Crippen LogP contribution in [0.15, 0.2) is 41.8 Å². The van der Waals surface area contributed by atoms with Gasteiger partial charge in [-0.3, -0.25) is 76.9 Å². The van der Waals surface area contributed by atoms with Crippen molar-refractivity contribution in [3.8, 4) is 5.75 Å². The lowest BCUT2D eigenvalue weighted by Crippen LogP contribution is -2.63. The molecule has 1 fully saturated rings. The molecule has 45 heteroatoms. The van der Waals surface area contributed by atoms with Crippen LogP contribution in [0.2, 0.25) is 0 Å². The Bertz CT molecular complexity index is 3760. The number of H-pyrrole nitrogens is 1. The van der Waals surface area contributed by atoms with E-state index in [0.717, 1.165) is 6.92 Å². The first-order valence-corrected chi connectivity index (χ1v) is 41.1. The number of phenolic OH excluding ortho intramolecular Hbond substituents is 1. The number of amides is 14. The molecule has 2 aromatic rings. The molecule has 121 heavy (non-hydrogen) atoms. The van der Waals surface area contributed by atoms with Gasteiger partial charge >= 0.3 is 11.9 Å². The van der Waals surface area contributed by atoms with Crippen molar-refractivity contribution in [2.45, 2.75) is 248 Å². The highest BCUT2D eigenvalue weighted by molar-refractivity contribution is 7.80. The van der Waals surface area contributed by atoms with Crippen molar-refractivity contribution >= 4 is 113 Å². The van der Waals surface area contributed by atoms with Gasteiger partial charge in [-0.25, -0.2) is 9.78 Å². The fourth-order valence-electron chi connectivity index (χ4n) is 12.8. The Morgan fingerprint density at radius 1 is 0.521 bits per heavy atom. The van der Waals surface area contributed by atoms with E-state index >= 15 is 0 Å². The normalized spacial score (nSPS) is 16.0. The summed E-state index contributed by atoms with van der Waals surface area (Å²) in [4.78, 5) is 234. The highest BCUT2D eigenvalue weighted by atomic mass is 32.1. The summed E-state index contributed by atoms with van der Waals surface area (Å²) < 4.78 is 0. The summed E-state index contributed by atoms with van der Waals surface area (Å²) in [6.07, 6.45) is 1.26. The number of benzene rings is 1. The molecule has 14 amide bonds. The number of aromatic amines is 1. The fourth-order valence-corrected chi connectivity index (χ4v) is 13.1. The summed E-state index contributed by atoms with van der Waals surface area (Å²) in [5, 5.41) is 84.4. The third kappa shape index (κ3) is 36.9. The third-order valence-electron chi connectivity index (χ3n) is 19.5. The molecule has 3 rings (SSSR count). The van der Waals surface area contributed by atoms with Gasteiger partial charge in [-0.15, -0.1) is 0 Å². The number of phenols is 1. The molecular formula is C76H127N23O21S. The zero-order valence-corrected chi connectivity index (χ0v) is 70.4. The standard InChI is InChI=1S/C76H127N23O21S/c1-39(2)30-50(90-70(114)55(37-121)95-62(106)46(86-57(103)34-80)19-14-28-84-76(81)82)65(109)92-52(32-44-35-83-38-85-44)66(110)91-51(31-43-21-23-45(102)24-22-43)68(112)98-61(42(7)101)73(117)96-59(40(3)4)72(116)93-53(33-58(104)105)67(111)87-47(16-8-11-25-77)63(107)94-54(36-100)69(113)89-49(18-10-13-27-79)74(118)99-29-15-20-56(99)71(115)88-48(17-9-12-26-78)64(108)97-60(41(5)6)75(119)120/h21-24,35,38-42,46-56,59-61,100-102,121H,8-20,25-34,36-37,77-80H2,1-7H3,(H,83,85)(H,86,103)(H,87,111)(H,88,115)(H,89,113)(H,90,114)(H,91,110)(H,92,109)(H,93,116)(H,94,107)(H,95,106)(H,96,117)(H,97,108)(H,98,112)(H,104,105)(H,119,120)(H4,81,82,84)/t42-,46+,47+,48+,49+,50+,51+,52+,53+,54+,55+,56+,59+,60+,61+/m1/s1. The number of nitrogens with two attached hydrogens (primary N) is 6. The number of aliphatic hydroxyl groups is 2. The van der Waals surface area contributed by atoms with Gasteiger partial charge in [-0.2, -0.15) is 12.6 Å². The number of aliphatic imine (C=N–C) groups is 1. The van der Waals surface area contributed by atoms with Gasteiger partial charge in [-0.1, -0.05) is 53.7 Å². The maximum Gasteiger partial charge on any atom is 0.326 e. The zero-order chi connectivity index (χ0) is 90.8. The first kappa shape index (κ1) is 104. The molecule has 1 aromatic heterocycles. The summed E-state index contributed by atoms with van der Waals surface area (Å²) in [6, 6.07) is -16.2. The number of aromatic hydroxyl groups is 1. The molecule has 15 atom stereocenters. The number of aromatic nitrogens is 2. The molecule has 2 heterocycles. The van der Waals surface area contributed by atoms with E-state index in [1.165, 1.54) is 55.5 Å². The fraction of sp³-hybridized carbons (Fsp3) is 0.658. The first-order valence-electron chi connectivity index (χ1n) is 40.4. The van der Waals surface area contributed by atoms with E-state index in [9.17, 15) is 102 Å². The van der Waals surface area contributed by atoms with Crippen LogP contribution in [0.25, 0.3) is 0 Å². The average Bonchev–Trinajstić information content (AvgIpc) is 1.58. The molecule has 0 bridgehead atoms. The van der Waals surface area contributed by atoms with Crippen LogP contribution in [-0.2, 0) is 89.6 Å². The minimum Gasteiger partial charge on any atom is -0.508 e. The molecule has 678 valence electrons. The first-order chi connectivity index (χ1) is 57.2. The minimum absolute atomic E-state index is 0.0127. The Kier molecular flexibility index (Phi) is 46.9. The lowest BCUT2D eigenvalue weighted by Gasteiger charge is -2.31. The number of imidazole rings is 1. The van der Waals surface area contributed by atoms with Crippen molar-refractivity contribution in [2.75, 3.05) is 51.6 Å². The number of unbranched alkanes of at least 4 members (excludes halogenated alkanes) is 3. The highest BCUT2D eigenvalue weighted by Crippen LogP contribution is 2.22. The number of aliphatic carboxylic acids is 2. The van der Waals surface area contributed by atoms with Crippen LogP contribution in [0, 0.1) is 17.8 Å². The number of thiol groups is 1. The van der Waals surface area contributed by atoms with Gasteiger partial charge in [0, 0.05) is 43.6 Å². The Balaban J connectivity index is 1.93. The number of carboxylic acid groups (broad SMARTS) is 2. The molecule has 0 radical (unpaired) electrons. The number of aliphatic hydroxyl groups excluding tert-OH is 2. The monoisotopic (exact) mass is 1730 g/mol. The van der Waals surface area contributed by atoms with Crippen molar-refractivity contribution < 1.29 is 102 Å². The van der Waals surface area contributed by atoms with E-state index < -0.39 is 223 Å². The SMILES string of the molecule is CC(C)C[C@H](NC(=O)[C@H](CS)NC(=O)[C@H](CCCN=C(N)N)NC(=O)CN)C(=O)N[C@@H](Cc1cnc[nH]1)C(=O)N[C@@H](Cc1ccc(O)cc1)C(=O)N[C@H](C(=O)N[C@H](C(=O)N[C@@H](CC(=O)O)C(=O)N[C@@H](CCCCN)C(=O)N[C@@H](CO)C(=O)N[C@@H](CCCCN)C(=O)N1CCC[C@H]1C(=O)N[C@@H](CCCCN)C(=O)N[C@H](C(=O)O)C(C)C)C(C)C)[C@@H](C)O. The third-order valence-corrected chi connectivity index (χ3v) is 19.9. The number of nitrogens with zero attached hydrogens (tertiary/aromatic N) is 3. The Labute approximate surface area is 707 Å². The largest absolute Gasteiger partial charge is 0.508 e. The van der Waals surface area contributed by atoms with Crippen molar-refractivity contribution in [1.82, 2.24) is 84.0 Å². The number of nitrogens with one attached hydrogen (secondary N) is 14. The highest BCUT2D eigenvalue weighted by Gasteiger charge is 2.43. The molecular weight excluding hydrogens is 1600 g/mol. The molecule has 44 nitrogen and oxygen atoms in total. The predicted octanol–water partition coefficient (Wildman–Crippen LogP) is -7.19. The van der Waals surface area contributed by atoms with Crippen LogP contribution in [0.1, 0.15) is 156 Å². The van der Waals surface area contributed by atoms with E-state index in [0.29, 0.717) is 31.2 Å². The number of likely N-dealkylation sites (tertiary alicyclic amines) is 1. The van der Waals surface area contributed by atoms with Gasteiger partial charge in [0.15, 0.2) is 5.96 Å². The average molecular weight is 1730 g/mol. The lowest BCUT2D eigenvalue weighted by molar-refractivity contribution is -0.144. The van der Waals surface area contributed by atoms with E-state index in [1.54, 1.807) is 27.7 Å². The molecule has 0 aliphatic carbocycles. The minimum atomic E-state index is -2.03. The van der Waals surface area contributed by atoms with Gasteiger partial charge < -0.3 is 139 Å². The van der Waals surface area contributed by atoms with Gasteiger partial charge in [-0.05, 0) is 152 Å². The summed E-state index contributed by atoms with van der Waals surface area (Å²) in [5.74, 6) is -19.0. The van der Waals surface area contributed by atoms with E-state index in [1.807, 2.05) is 0 Å². The zero-order valence-electron chi connectivity index (χ0n) is 69.6. The molecule has 1 saturated heterocycles. The van der Waals surface area contributed by atoms with Gasteiger partial charge in [0.2, 0.25) is 82.7 Å². The molecule has 1 aliphatic heterocycles. The smallest absolute Gasteiger partial charge is 0.326 e. The second-order valence-corrected chi connectivity index (χ2v) is 31.0. The molecule has 1 aliphatic rings. The molecule has 0 unspecified atom stereocenters. The summed E-state index contributed by atoms with van der Waals surface area (Å²) in [7, 11) is 0. The maximum atomic E-state index is 14.8. The number of hydrogen-bond donors (Lipinski definition) is 26. The van der Waals surface area contributed by atoms with Crippen molar-refractivity contribution in [3.63, 3.8) is 0 Å². The molecule has 1 aromatic carbocycles. The number of carboxylic acids is 2. The van der Waals surface area contributed by atoms with Crippen LogP contribution >= 0.6 is 12.6 Å². The lowest BCUT2D eigenvalue weighted by atomic mass is 10.00. The predicted molar refractivity (Wildman–Crippen MR) is 443 cm³/mol. The quantitative estimate of drug-likeness (QED) is 0.0127. The van der Waals surface area contributed by atoms with Crippen molar-refractivity contribution in [3.05, 3.63) is 48.0 Å². The maximum absolute atomic E-state index is 14.8. The van der Waals surface area contributed by atoms with Gasteiger partial charge in [0.1, 0.15) is 90.3 Å². The number of guanidine groups is 1. The van der Waals surface area contributed by atoms with Crippen molar-refractivity contribution in [1.29, 1.82) is 0 Å². The van der Waals surface area contributed by atoms with E-state index in [2.05, 4.69) is 96.7 Å². The van der Waals surface area contributed by atoms with Crippen LogP contribution in [-0.4, -0.2) is 283 Å². The van der Waals surface area contributed by atoms with E-state index in [-0.39, 0.29) is 132 Å². The van der Waals surface area contributed by atoms with E-state index in [4.69, 9.17) is 34.4 Å². The van der Waals surface area contributed by atoms with Gasteiger partial charge in [0.05, 0.1) is 32.0 Å². The number of carbonyl (C=O) groups is 16. The van der Waals surface area contributed by atoms with Crippen LogP contribution < -0.4 is 104 Å². The van der Waals surface area contributed by atoms with Crippen LogP contribution in [0.5, 0.6) is 5.75 Å². The number of hydrogen-bond acceptors (Lipinski definition) is 26. The van der Waals surface area contributed by atoms with Crippen LogP contribution in [0.4, 0.5) is 0 Å². The summed E-state index contributed by atoms with van der Waals surface area (Å²) >= 11 is 4.27. The summed E-state index contributed by atoms with van der Waals surface area (Å²) in [6.45, 7) is 9.73. The number of carbonyl (C=O) groups excluding carboxylic acids is 14. The second-order valence-electron chi connectivity index (χ2n) is 30.6. The number of rotatable bonds is 57. The van der Waals surface area contributed by atoms with Crippen molar-refractivity contribution in [2.24, 2.45) is 57.1 Å².